The molecule has 5 heteroatoms. The standard InChI is InChI=1S/C17H19N3O2/c1-22-15-9-11-20(12-15)14-7-5-13(6-8-14)19-17(21)16-4-2-3-10-18-16/h2-8,10,15H,9,11-12H2,1H3,(H,19,21). The van der Waals surface area contributed by atoms with Crippen LogP contribution in [0.15, 0.2) is 48.7 Å². The summed E-state index contributed by atoms with van der Waals surface area (Å²) >= 11 is 0. The van der Waals surface area contributed by atoms with E-state index >= 15 is 0 Å². The molecule has 1 aromatic heterocycles. The second kappa shape index (κ2) is 6.58. The fraction of sp³-hybridized carbons (Fsp3) is 0.294. The Morgan fingerprint density at radius 2 is 2.09 bits per heavy atom. The summed E-state index contributed by atoms with van der Waals surface area (Å²) in [6.45, 7) is 1.91. The molecule has 0 spiro atoms. The van der Waals surface area contributed by atoms with E-state index in [0.29, 0.717) is 11.8 Å². The zero-order valence-electron chi connectivity index (χ0n) is 12.5. The van der Waals surface area contributed by atoms with Crippen molar-refractivity contribution >= 4 is 17.3 Å². The Kier molecular flexibility index (Phi) is 4.34. The number of nitrogens with one attached hydrogen (secondary N) is 1. The van der Waals surface area contributed by atoms with Crippen LogP contribution >= 0.6 is 0 Å². The van der Waals surface area contributed by atoms with Crippen molar-refractivity contribution in [2.45, 2.75) is 12.5 Å². The number of aromatic nitrogens is 1. The molecule has 0 saturated carbocycles. The quantitative estimate of drug-likeness (QED) is 0.942. The number of rotatable bonds is 4. The SMILES string of the molecule is COC1CCN(c2ccc(NC(=O)c3ccccn3)cc2)C1. The van der Waals surface area contributed by atoms with Gasteiger partial charge in [-0.2, -0.15) is 0 Å². The smallest absolute Gasteiger partial charge is 0.274 e. The van der Waals surface area contributed by atoms with Crippen molar-refractivity contribution in [1.82, 2.24) is 4.98 Å². The van der Waals surface area contributed by atoms with Crippen molar-refractivity contribution in [3.05, 3.63) is 54.4 Å². The van der Waals surface area contributed by atoms with Crippen molar-refractivity contribution in [1.29, 1.82) is 0 Å². The molecular formula is C17H19N3O2. The third-order valence-corrected chi connectivity index (χ3v) is 3.87. The van der Waals surface area contributed by atoms with Gasteiger partial charge in [0, 0.05) is 37.8 Å². The zero-order chi connectivity index (χ0) is 15.4. The van der Waals surface area contributed by atoms with Gasteiger partial charge in [-0.25, -0.2) is 0 Å². The van der Waals surface area contributed by atoms with Crippen LogP contribution in [0.5, 0.6) is 0 Å². The lowest BCUT2D eigenvalue weighted by Crippen LogP contribution is -2.22. The van der Waals surface area contributed by atoms with Crippen LogP contribution in [0.3, 0.4) is 0 Å². The zero-order valence-corrected chi connectivity index (χ0v) is 12.5. The largest absolute Gasteiger partial charge is 0.380 e. The van der Waals surface area contributed by atoms with Gasteiger partial charge < -0.3 is 15.0 Å². The number of methoxy groups -OCH3 is 1. The molecule has 1 aromatic carbocycles. The number of hydrogen-bond acceptors (Lipinski definition) is 4. The van der Waals surface area contributed by atoms with Crippen LogP contribution in [0.2, 0.25) is 0 Å². The highest BCUT2D eigenvalue weighted by Crippen LogP contribution is 2.23. The van der Waals surface area contributed by atoms with Gasteiger partial charge >= 0.3 is 0 Å². The molecule has 2 heterocycles. The third kappa shape index (κ3) is 3.26. The Balaban J connectivity index is 1.64. The van der Waals surface area contributed by atoms with Gasteiger partial charge in [-0.05, 0) is 42.8 Å². The first kappa shape index (κ1) is 14.5. The predicted molar refractivity (Wildman–Crippen MR) is 86.3 cm³/mol. The summed E-state index contributed by atoms with van der Waals surface area (Å²) in [6, 6.07) is 13.1. The molecule has 114 valence electrons. The lowest BCUT2D eigenvalue weighted by Gasteiger charge is -2.18. The van der Waals surface area contributed by atoms with Gasteiger partial charge in [0.25, 0.3) is 5.91 Å². The van der Waals surface area contributed by atoms with Gasteiger partial charge in [0.2, 0.25) is 0 Å². The molecule has 5 nitrogen and oxygen atoms in total. The number of ether oxygens (including phenoxy) is 1. The summed E-state index contributed by atoms with van der Waals surface area (Å²) < 4.78 is 5.38. The first-order valence-electron chi connectivity index (χ1n) is 7.36. The number of nitrogens with zero attached hydrogens (tertiary/aromatic N) is 2. The Hall–Kier alpha value is -2.40. The van der Waals surface area contributed by atoms with Gasteiger partial charge in [0.05, 0.1) is 6.10 Å². The number of benzene rings is 1. The summed E-state index contributed by atoms with van der Waals surface area (Å²) in [6.07, 6.45) is 2.97. The van der Waals surface area contributed by atoms with E-state index in [1.54, 1.807) is 31.5 Å². The van der Waals surface area contributed by atoms with Crippen molar-refractivity contribution in [3.8, 4) is 0 Å². The van der Waals surface area contributed by atoms with Crippen LogP contribution in [-0.2, 0) is 4.74 Å². The average Bonchev–Trinajstić information content (AvgIpc) is 3.05. The van der Waals surface area contributed by atoms with E-state index in [1.165, 1.54) is 0 Å². The molecule has 22 heavy (non-hydrogen) atoms. The lowest BCUT2D eigenvalue weighted by molar-refractivity contribution is 0.102. The minimum atomic E-state index is -0.200. The van der Waals surface area contributed by atoms with Gasteiger partial charge in [-0.3, -0.25) is 9.78 Å². The highest BCUT2D eigenvalue weighted by molar-refractivity contribution is 6.02. The van der Waals surface area contributed by atoms with Crippen LogP contribution in [0.4, 0.5) is 11.4 Å². The van der Waals surface area contributed by atoms with Crippen molar-refractivity contribution in [2.75, 3.05) is 30.4 Å². The second-order valence-corrected chi connectivity index (χ2v) is 5.31. The lowest BCUT2D eigenvalue weighted by atomic mass is 10.2. The number of hydrogen-bond donors (Lipinski definition) is 1. The Morgan fingerprint density at radius 3 is 2.73 bits per heavy atom. The van der Waals surface area contributed by atoms with E-state index in [1.807, 2.05) is 24.3 Å². The number of carbonyl (C=O) groups excluding carboxylic acids is 1. The molecule has 0 aliphatic carbocycles. The summed E-state index contributed by atoms with van der Waals surface area (Å²) in [4.78, 5) is 18.4. The van der Waals surface area contributed by atoms with E-state index < -0.39 is 0 Å². The monoisotopic (exact) mass is 297 g/mol. The summed E-state index contributed by atoms with van der Waals surface area (Å²) in [5.74, 6) is -0.200. The van der Waals surface area contributed by atoms with Crippen molar-refractivity contribution in [3.63, 3.8) is 0 Å². The van der Waals surface area contributed by atoms with Crippen LogP contribution in [0.25, 0.3) is 0 Å². The number of carbonyl (C=O) groups is 1. The topological polar surface area (TPSA) is 54.5 Å². The maximum atomic E-state index is 12.0. The maximum Gasteiger partial charge on any atom is 0.274 e. The van der Waals surface area contributed by atoms with Crippen molar-refractivity contribution in [2.24, 2.45) is 0 Å². The highest BCUT2D eigenvalue weighted by Gasteiger charge is 2.22. The number of anilines is 2. The molecular weight excluding hydrogens is 278 g/mol. The highest BCUT2D eigenvalue weighted by atomic mass is 16.5. The Morgan fingerprint density at radius 1 is 1.27 bits per heavy atom. The van der Waals surface area contributed by atoms with Gasteiger partial charge in [-0.1, -0.05) is 6.07 Å². The fourth-order valence-corrected chi connectivity index (χ4v) is 2.60. The molecule has 1 N–H and O–H groups in total. The molecule has 1 unspecified atom stereocenters. The third-order valence-electron chi connectivity index (χ3n) is 3.87. The number of amides is 1. The van der Waals surface area contributed by atoms with Crippen LogP contribution in [-0.4, -0.2) is 37.2 Å². The Labute approximate surface area is 129 Å². The predicted octanol–water partition coefficient (Wildman–Crippen LogP) is 2.56. The molecule has 1 saturated heterocycles. The first-order chi connectivity index (χ1) is 10.8. The molecule has 1 aliphatic rings. The van der Waals surface area contributed by atoms with E-state index in [0.717, 1.165) is 30.9 Å². The Bertz CT molecular complexity index is 628. The molecule has 1 aliphatic heterocycles. The second-order valence-electron chi connectivity index (χ2n) is 5.31. The molecule has 1 amide bonds. The minimum absolute atomic E-state index is 0.200. The molecule has 0 bridgehead atoms. The van der Waals surface area contributed by atoms with E-state index in [9.17, 15) is 4.79 Å². The van der Waals surface area contributed by atoms with Crippen LogP contribution in [0.1, 0.15) is 16.9 Å². The summed E-state index contributed by atoms with van der Waals surface area (Å²) in [5.41, 5.74) is 2.33. The van der Waals surface area contributed by atoms with E-state index in [-0.39, 0.29) is 5.91 Å². The van der Waals surface area contributed by atoms with Gasteiger partial charge in [0.15, 0.2) is 0 Å². The normalized spacial score (nSPS) is 17.5. The molecule has 0 radical (unpaired) electrons. The fourth-order valence-electron chi connectivity index (χ4n) is 2.60. The van der Waals surface area contributed by atoms with E-state index in [4.69, 9.17) is 4.74 Å². The average molecular weight is 297 g/mol. The van der Waals surface area contributed by atoms with Crippen molar-refractivity contribution < 1.29 is 9.53 Å². The summed E-state index contributed by atoms with van der Waals surface area (Å²) in [5, 5.41) is 2.85. The van der Waals surface area contributed by atoms with Crippen LogP contribution in [0, 0.1) is 0 Å². The number of pyridine rings is 1. The molecule has 3 rings (SSSR count). The molecule has 2 aromatic rings. The molecule has 1 fully saturated rings. The first-order valence-corrected chi connectivity index (χ1v) is 7.36. The van der Waals surface area contributed by atoms with E-state index in [2.05, 4.69) is 15.2 Å². The molecule has 1 atom stereocenters. The minimum Gasteiger partial charge on any atom is -0.380 e. The maximum absolute atomic E-state index is 12.0. The van der Waals surface area contributed by atoms with Crippen LogP contribution < -0.4 is 10.2 Å². The summed E-state index contributed by atoms with van der Waals surface area (Å²) in [7, 11) is 1.75. The van der Waals surface area contributed by atoms with Gasteiger partial charge in [0.1, 0.15) is 5.69 Å². The van der Waals surface area contributed by atoms with Gasteiger partial charge in [-0.15, -0.1) is 0 Å².